The Labute approximate surface area is 89.9 Å². The highest BCUT2D eigenvalue weighted by molar-refractivity contribution is 5.17. The average Bonchev–Trinajstić information content (AvgIpc) is 2.83. The second-order valence-electron chi connectivity index (χ2n) is 4.81. The zero-order valence-electron chi connectivity index (χ0n) is 8.61. The molecule has 76 valence electrons. The molecule has 0 saturated heterocycles. The lowest BCUT2D eigenvalue weighted by Crippen LogP contribution is -2.31. The fraction of sp³-hybridized carbons (Fsp3) is 0.750. The van der Waals surface area contributed by atoms with Crippen molar-refractivity contribution in [3.8, 4) is 18.2 Å². The maximum Gasteiger partial charge on any atom is 0.0693 e. The SMILES string of the molecule is N#CCCC1(C#N)CC2CC(C#N)C1C2. The van der Waals surface area contributed by atoms with Crippen LogP contribution in [-0.4, -0.2) is 0 Å². The third kappa shape index (κ3) is 1.38. The number of hydrogen-bond donors (Lipinski definition) is 0. The van der Waals surface area contributed by atoms with Crippen LogP contribution in [0.3, 0.4) is 0 Å². The van der Waals surface area contributed by atoms with Crippen molar-refractivity contribution in [1.29, 1.82) is 15.8 Å². The third-order valence-electron chi connectivity index (χ3n) is 4.09. The fourth-order valence-electron chi connectivity index (χ4n) is 3.48. The van der Waals surface area contributed by atoms with Crippen molar-refractivity contribution in [2.45, 2.75) is 32.1 Å². The molecule has 0 amide bonds. The van der Waals surface area contributed by atoms with Crippen LogP contribution in [0.1, 0.15) is 32.1 Å². The van der Waals surface area contributed by atoms with Gasteiger partial charge in [-0.2, -0.15) is 15.8 Å². The largest absolute Gasteiger partial charge is 0.198 e. The first kappa shape index (κ1) is 10.0. The van der Waals surface area contributed by atoms with Crippen LogP contribution < -0.4 is 0 Å². The van der Waals surface area contributed by atoms with E-state index in [2.05, 4.69) is 18.2 Å². The van der Waals surface area contributed by atoms with Gasteiger partial charge in [0.15, 0.2) is 0 Å². The van der Waals surface area contributed by atoms with Crippen molar-refractivity contribution < 1.29 is 0 Å². The van der Waals surface area contributed by atoms with Gasteiger partial charge in [0, 0.05) is 6.42 Å². The maximum atomic E-state index is 9.31. The minimum atomic E-state index is -0.362. The van der Waals surface area contributed by atoms with Crippen molar-refractivity contribution in [2.75, 3.05) is 0 Å². The van der Waals surface area contributed by atoms with Gasteiger partial charge in [-0.15, -0.1) is 0 Å². The molecule has 2 aliphatic carbocycles. The second-order valence-corrected chi connectivity index (χ2v) is 4.81. The van der Waals surface area contributed by atoms with E-state index in [1.807, 2.05) is 0 Å². The molecule has 0 spiro atoms. The van der Waals surface area contributed by atoms with E-state index in [-0.39, 0.29) is 17.3 Å². The van der Waals surface area contributed by atoms with E-state index >= 15 is 0 Å². The first-order chi connectivity index (χ1) is 7.25. The molecule has 3 nitrogen and oxygen atoms in total. The molecule has 0 aromatic carbocycles. The molecule has 4 atom stereocenters. The van der Waals surface area contributed by atoms with Gasteiger partial charge in [0.05, 0.1) is 29.5 Å². The number of hydrogen-bond acceptors (Lipinski definition) is 3. The lowest BCUT2D eigenvalue weighted by Gasteiger charge is -2.32. The normalized spacial score (nSPS) is 41.8. The highest BCUT2D eigenvalue weighted by Crippen LogP contribution is 2.60. The molecular formula is C12H13N3. The van der Waals surface area contributed by atoms with E-state index in [1.54, 1.807) is 0 Å². The van der Waals surface area contributed by atoms with Crippen LogP contribution in [0, 0.1) is 57.2 Å². The minimum absolute atomic E-state index is 0.0575. The molecule has 2 fully saturated rings. The maximum absolute atomic E-state index is 9.31. The number of rotatable bonds is 2. The standard InChI is InChI=1S/C12H13N3/c13-3-1-2-12(8-15)6-9-4-10(7-14)11(12)5-9/h9-11H,1-2,4-6H2. The Kier molecular flexibility index (Phi) is 2.37. The highest BCUT2D eigenvalue weighted by atomic mass is 14.6. The first-order valence-electron chi connectivity index (χ1n) is 5.43. The van der Waals surface area contributed by atoms with Crippen molar-refractivity contribution in [3.63, 3.8) is 0 Å². The first-order valence-corrected chi connectivity index (χ1v) is 5.43. The third-order valence-corrected chi connectivity index (χ3v) is 4.09. The summed E-state index contributed by atoms with van der Waals surface area (Å²) in [5.41, 5.74) is -0.362. The lowest BCUT2D eigenvalue weighted by molar-refractivity contribution is 0.189. The molecule has 2 bridgehead atoms. The fourth-order valence-corrected chi connectivity index (χ4v) is 3.48. The number of nitrogens with zero attached hydrogens (tertiary/aromatic N) is 3. The highest BCUT2D eigenvalue weighted by Gasteiger charge is 2.55. The second kappa shape index (κ2) is 3.56. The molecule has 0 heterocycles. The molecule has 4 unspecified atom stereocenters. The van der Waals surface area contributed by atoms with Crippen molar-refractivity contribution in [3.05, 3.63) is 0 Å². The number of nitriles is 3. The van der Waals surface area contributed by atoms with Gasteiger partial charge in [0.2, 0.25) is 0 Å². The summed E-state index contributed by atoms with van der Waals surface area (Å²) >= 11 is 0. The molecule has 2 aliphatic rings. The molecule has 2 saturated carbocycles. The minimum Gasteiger partial charge on any atom is -0.198 e. The van der Waals surface area contributed by atoms with Gasteiger partial charge in [0.25, 0.3) is 0 Å². The summed E-state index contributed by atoms with van der Waals surface area (Å²) in [6.07, 6.45) is 4.00. The van der Waals surface area contributed by atoms with Crippen LogP contribution >= 0.6 is 0 Å². The van der Waals surface area contributed by atoms with Gasteiger partial charge in [0.1, 0.15) is 0 Å². The summed E-state index contributed by atoms with van der Waals surface area (Å²) in [5, 5.41) is 26.9. The summed E-state index contributed by atoms with van der Waals surface area (Å²) in [6, 6.07) is 6.84. The van der Waals surface area contributed by atoms with E-state index < -0.39 is 0 Å². The molecule has 0 aromatic rings. The molecule has 0 radical (unpaired) electrons. The summed E-state index contributed by atoms with van der Waals surface area (Å²) in [6.45, 7) is 0. The summed E-state index contributed by atoms with van der Waals surface area (Å²) < 4.78 is 0. The van der Waals surface area contributed by atoms with Crippen molar-refractivity contribution >= 4 is 0 Å². The summed E-state index contributed by atoms with van der Waals surface area (Å²) in [4.78, 5) is 0. The Balaban J connectivity index is 2.19. The van der Waals surface area contributed by atoms with Crippen LogP contribution in [0.15, 0.2) is 0 Å². The smallest absolute Gasteiger partial charge is 0.0693 e. The van der Waals surface area contributed by atoms with Crippen molar-refractivity contribution in [2.24, 2.45) is 23.2 Å². The predicted molar refractivity (Wildman–Crippen MR) is 52.8 cm³/mol. The topological polar surface area (TPSA) is 71.4 Å². The van der Waals surface area contributed by atoms with Crippen molar-refractivity contribution in [1.82, 2.24) is 0 Å². The van der Waals surface area contributed by atoms with E-state index in [9.17, 15) is 5.26 Å². The van der Waals surface area contributed by atoms with Crippen LogP contribution in [0.25, 0.3) is 0 Å². The predicted octanol–water partition coefficient (Wildman–Crippen LogP) is 2.37. The molecule has 2 rings (SSSR count). The Morgan fingerprint density at radius 1 is 1.20 bits per heavy atom. The Bertz CT molecular complexity index is 381. The zero-order chi connectivity index (χ0) is 10.9. The van der Waals surface area contributed by atoms with Crippen LogP contribution in [0.2, 0.25) is 0 Å². The van der Waals surface area contributed by atoms with Gasteiger partial charge in [-0.25, -0.2) is 0 Å². The lowest BCUT2D eigenvalue weighted by atomic mass is 9.67. The Hall–Kier alpha value is -1.53. The van der Waals surface area contributed by atoms with Crippen LogP contribution in [-0.2, 0) is 0 Å². The monoisotopic (exact) mass is 199 g/mol. The summed E-state index contributed by atoms with van der Waals surface area (Å²) in [5.74, 6) is 0.839. The Morgan fingerprint density at radius 2 is 2.00 bits per heavy atom. The Morgan fingerprint density at radius 3 is 2.53 bits per heavy atom. The summed E-state index contributed by atoms with van der Waals surface area (Å²) in [7, 11) is 0. The van der Waals surface area contributed by atoms with Gasteiger partial charge in [-0.3, -0.25) is 0 Å². The van der Waals surface area contributed by atoms with Gasteiger partial charge >= 0.3 is 0 Å². The zero-order valence-corrected chi connectivity index (χ0v) is 8.61. The van der Waals surface area contributed by atoms with Gasteiger partial charge < -0.3 is 0 Å². The average molecular weight is 199 g/mol. The van der Waals surface area contributed by atoms with Gasteiger partial charge in [-0.05, 0) is 37.5 Å². The van der Waals surface area contributed by atoms with E-state index in [0.717, 1.165) is 19.3 Å². The molecule has 15 heavy (non-hydrogen) atoms. The molecule has 0 N–H and O–H groups in total. The van der Waals surface area contributed by atoms with Crippen LogP contribution in [0.5, 0.6) is 0 Å². The quantitative estimate of drug-likeness (QED) is 0.685. The van der Waals surface area contributed by atoms with E-state index in [1.165, 1.54) is 0 Å². The van der Waals surface area contributed by atoms with Gasteiger partial charge in [-0.1, -0.05) is 0 Å². The molecule has 0 aromatic heterocycles. The molecule has 0 aliphatic heterocycles. The van der Waals surface area contributed by atoms with E-state index in [4.69, 9.17) is 10.5 Å². The number of fused-ring (bicyclic) bond motifs is 2. The molecule has 3 heteroatoms. The van der Waals surface area contributed by atoms with Crippen LogP contribution in [0.4, 0.5) is 0 Å². The van der Waals surface area contributed by atoms with E-state index in [0.29, 0.717) is 18.8 Å². The molecular weight excluding hydrogens is 186 g/mol.